The molecular formula is C27H24Cl2N8O5. The van der Waals surface area contributed by atoms with Crippen LogP contribution in [0.25, 0.3) is 21.7 Å². The lowest BCUT2D eigenvalue weighted by Crippen LogP contribution is -2.51. The minimum absolute atomic E-state index is 0.0806. The number of hydrogen-bond acceptors (Lipinski definition) is 7. The van der Waals surface area contributed by atoms with Gasteiger partial charge in [-0.15, -0.1) is 4.99 Å². The number of nitriles is 1. The summed E-state index contributed by atoms with van der Waals surface area (Å²) in [6, 6.07) is 7.14. The summed E-state index contributed by atoms with van der Waals surface area (Å²) in [4.78, 5) is 43.7. The SMILES string of the molecule is N#C/N=C(\NC[C@H](NC(=O)c1c(Cl)cc2c(=O)n(Cc3ccc4cn[nH]c4c3)ccc2c1Cl)C(=O)O)N1CC[C@H](O)C1. The Morgan fingerprint density at radius 1 is 1.26 bits per heavy atom. The molecule has 0 radical (unpaired) electrons. The molecule has 42 heavy (non-hydrogen) atoms. The molecule has 0 bridgehead atoms. The number of hydrogen-bond donors (Lipinski definition) is 5. The number of aliphatic hydroxyl groups is 1. The van der Waals surface area contributed by atoms with Gasteiger partial charge in [-0.25, -0.2) is 4.79 Å². The fourth-order valence-electron chi connectivity index (χ4n) is 4.80. The molecule has 0 aliphatic carbocycles. The largest absolute Gasteiger partial charge is 0.480 e. The Morgan fingerprint density at radius 2 is 2.07 bits per heavy atom. The van der Waals surface area contributed by atoms with E-state index in [2.05, 4.69) is 25.8 Å². The molecule has 4 aromatic rings. The van der Waals surface area contributed by atoms with Gasteiger partial charge in [-0.1, -0.05) is 35.3 Å². The summed E-state index contributed by atoms with van der Waals surface area (Å²) in [6.07, 6.45) is 4.77. The lowest BCUT2D eigenvalue weighted by molar-refractivity contribution is -0.139. The number of fused-ring (bicyclic) bond motifs is 2. The van der Waals surface area contributed by atoms with Crippen LogP contribution >= 0.6 is 23.2 Å². The van der Waals surface area contributed by atoms with Crippen LogP contribution in [0.5, 0.6) is 0 Å². The molecule has 1 saturated heterocycles. The molecule has 2 aromatic carbocycles. The second-order valence-corrected chi connectivity index (χ2v) is 10.5. The summed E-state index contributed by atoms with van der Waals surface area (Å²) in [6.45, 7) is 0.581. The molecule has 5 rings (SSSR count). The van der Waals surface area contributed by atoms with Gasteiger partial charge in [0.05, 0.1) is 45.4 Å². The minimum Gasteiger partial charge on any atom is -0.480 e. The van der Waals surface area contributed by atoms with Gasteiger partial charge in [-0.3, -0.25) is 14.7 Å². The summed E-state index contributed by atoms with van der Waals surface area (Å²) < 4.78 is 1.48. The van der Waals surface area contributed by atoms with Crippen molar-refractivity contribution in [2.24, 2.45) is 4.99 Å². The highest BCUT2D eigenvalue weighted by atomic mass is 35.5. The number of aliphatic hydroxyl groups excluding tert-OH is 1. The number of carbonyl (C=O) groups excluding carboxylic acids is 1. The van der Waals surface area contributed by atoms with Gasteiger partial charge >= 0.3 is 5.97 Å². The summed E-state index contributed by atoms with van der Waals surface area (Å²) in [5.74, 6) is -2.15. The van der Waals surface area contributed by atoms with Crippen molar-refractivity contribution in [1.82, 2.24) is 30.3 Å². The Kier molecular flexibility index (Phi) is 8.30. The molecule has 15 heteroatoms. The lowest BCUT2D eigenvalue weighted by atomic mass is 10.1. The number of aromatic amines is 1. The Bertz CT molecular complexity index is 1830. The number of β-amino-alcohol motifs (C(OH)–C–C–N with tert-alkyl or cyclic N) is 1. The van der Waals surface area contributed by atoms with Crippen molar-refractivity contribution in [1.29, 1.82) is 5.26 Å². The van der Waals surface area contributed by atoms with Crippen molar-refractivity contribution in [3.8, 4) is 6.19 Å². The molecular weight excluding hydrogens is 587 g/mol. The Morgan fingerprint density at radius 3 is 2.79 bits per heavy atom. The second kappa shape index (κ2) is 12.1. The van der Waals surface area contributed by atoms with E-state index in [0.29, 0.717) is 13.0 Å². The third kappa shape index (κ3) is 5.87. The Hall–Kier alpha value is -4.64. The Labute approximate surface area is 248 Å². The van der Waals surface area contributed by atoms with Gasteiger partial charge in [0.2, 0.25) is 12.2 Å². The van der Waals surface area contributed by atoms with Gasteiger partial charge in [-0.05, 0) is 30.2 Å². The average molecular weight is 611 g/mol. The molecule has 3 heterocycles. The number of H-pyrrole nitrogens is 1. The molecule has 1 aliphatic heterocycles. The van der Waals surface area contributed by atoms with E-state index in [4.69, 9.17) is 28.5 Å². The van der Waals surface area contributed by atoms with E-state index in [0.717, 1.165) is 16.5 Å². The quantitative estimate of drug-likeness (QED) is 0.118. The molecule has 0 saturated carbocycles. The summed E-state index contributed by atoms with van der Waals surface area (Å²) in [5.41, 5.74) is 1.13. The number of pyridine rings is 1. The van der Waals surface area contributed by atoms with Gasteiger partial charge < -0.3 is 30.3 Å². The van der Waals surface area contributed by atoms with E-state index < -0.39 is 24.0 Å². The van der Waals surface area contributed by atoms with Crippen LogP contribution in [0.4, 0.5) is 0 Å². The van der Waals surface area contributed by atoms with Crippen LogP contribution < -0.4 is 16.2 Å². The first-order valence-corrected chi connectivity index (χ1v) is 13.5. The van der Waals surface area contributed by atoms with E-state index >= 15 is 0 Å². The first-order valence-electron chi connectivity index (χ1n) is 12.8. The first kappa shape index (κ1) is 28.9. The molecule has 1 amide bonds. The predicted octanol–water partition coefficient (Wildman–Crippen LogP) is 1.91. The zero-order valence-corrected chi connectivity index (χ0v) is 23.4. The van der Waals surface area contributed by atoms with Crippen LogP contribution in [0.15, 0.2) is 52.5 Å². The van der Waals surface area contributed by atoms with Crippen LogP contribution in [0, 0.1) is 11.5 Å². The number of likely N-dealkylation sites (tertiary alicyclic amines) is 1. The van der Waals surface area contributed by atoms with Gasteiger partial charge in [-0.2, -0.15) is 10.4 Å². The zero-order chi connectivity index (χ0) is 30.0. The molecule has 2 atom stereocenters. The molecule has 5 N–H and O–H groups in total. The fourth-order valence-corrected chi connectivity index (χ4v) is 5.49. The van der Waals surface area contributed by atoms with E-state index in [1.165, 1.54) is 10.6 Å². The van der Waals surface area contributed by atoms with Crippen molar-refractivity contribution in [2.75, 3.05) is 19.6 Å². The number of aliphatic imine (C=N–C) groups is 1. The number of aromatic nitrogens is 3. The summed E-state index contributed by atoms with van der Waals surface area (Å²) in [7, 11) is 0. The number of carbonyl (C=O) groups is 2. The van der Waals surface area contributed by atoms with E-state index in [1.54, 1.807) is 29.6 Å². The smallest absolute Gasteiger partial charge is 0.328 e. The number of rotatable bonds is 7. The van der Waals surface area contributed by atoms with Crippen LogP contribution in [-0.4, -0.2) is 79.5 Å². The topological polar surface area (TPSA) is 189 Å². The van der Waals surface area contributed by atoms with Gasteiger partial charge in [0.1, 0.15) is 6.04 Å². The van der Waals surface area contributed by atoms with Gasteiger partial charge in [0, 0.05) is 36.6 Å². The van der Waals surface area contributed by atoms with Crippen LogP contribution in [0.1, 0.15) is 22.3 Å². The molecule has 0 spiro atoms. The van der Waals surface area contributed by atoms with E-state index in [9.17, 15) is 24.6 Å². The fraction of sp³-hybridized carbons (Fsp3) is 0.259. The highest BCUT2D eigenvalue weighted by Crippen LogP contribution is 2.32. The molecule has 216 valence electrons. The number of aliphatic carboxylic acids is 1. The summed E-state index contributed by atoms with van der Waals surface area (Å²) in [5, 5.41) is 41.7. The number of nitrogens with zero attached hydrogens (tertiary/aromatic N) is 5. The van der Waals surface area contributed by atoms with E-state index in [-0.39, 0.29) is 57.5 Å². The number of halogens is 2. The molecule has 1 fully saturated rings. The standard InChI is InChI=1S/C27H24Cl2N8O5/c28-19-8-18-17(4-6-36(25(18)40)11-14-1-2-15-9-33-35-20(15)7-14)23(29)22(19)24(39)34-21(26(41)42)10-31-27(32-13-30)37-5-3-16(38)12-37/h1-2,4,6-9,16,21,38H,3,5,10-12H2,(H,31,32)(H,33,35)(H,34,39)(H,41,42)/t16-,21-/m0/s1. The summed E-state index contributed by atoms with van der Waals surface area (Å²) >= 11 is 13.0. The molecule has 0 unspecified atom stereocenters. The predicted molar refractivity (Wildman–Crippen MR) is 156 cm³/mol. The van der Waals surface area contributed by atoms with Crippen molar-refractivity contribution < 1.29 is 19.8 Å². The Balaban J connectivity index is 1.36. The normalized spacial score (nSPS) is 16.0. The van der Waals surface area contributed by atoms with Crippen molar-refractivity contribution in [2.45, 2.75) is 25.1 Å². The van der Waals surface area contributed by atoms with E-state index in [1.807, 2.05) is 18.2 Å². The number of benzene rings is 2. The van der Waals surface area contributed by atoms with Gasteiger partial charge in [0.25, 0.3) is 11.5 Å². The highest BCUT2D eigenvalue weighted by molar-refractivity contribution is 6.43. The van der Waals surface area contributed by atoms with Crippen LogP contribution in [0.2, 0.25) is 10.0 Å². The maximum absolute atomic E-state index is 13.3. The monoisotopic (exact) mass is 610 g/mol. The number of amides is 1. The van der Waals surface area contributed by atoms with Crippen LogP contribution in [0.3, 0.4) is 0 Å². The first-order chi connectivity index (χ1) is 20.2. The van der Waals surface area contributed by atoms with Crippen molar-refractivity contribution in [3.63, 3.8) is 0 Å². The zero-order valence-electron chi connectivity index (χ0n) is 21.8. The van der Waals surface area contributed by atoms with Crippen molar-refractivity contribution >= 4 is 62.7 Å². The number of nitrogens with one attached hydrogen (secondary N) is 3. The third-order valence-corrected chi connectivity index (χ3v) is 7.63. The number of carboxylic acid groups (broad SMARTS) is 1. The maximum Gasteiger partial charge on any atom is 0.328 e. The molecule has 1 aliphatic rings. The number of guanidine groups is 1. The second-order valence-electron chi connectivity index (χ2n) is 9.72. The third-order valence-electron chi connectivity index (χ3n) is 6.94. The van der Waals surface area contributed by atoms with Crippen LogP contribution in [-0.2, 0) is 11.3 Å². The van der Waals surface area contributed by atoms with Crippen molar-refractivity contribution in [3.05, 3.63) is 74.3 Å². The van der Waals surface area contributed by atoms with Gasteiger partial charge in [0.15, 0.2) is 0 Å². The molecule has 2 aromatic heterocycles. The molecule has 13 nitrogen and oxygen atoms in total. The highest BCUT2D eigenvalue weighted by Gasteiger charge is 2.28. The maximum atomic E-state index is 13.3. The average Bonchev–Trinajstić information content (AvgIpc) is 3.60. The number of carboxylic acids is 1. The lowest BCUT2D eigenvalue weighted by Gasteiger charge is -2.23. The minimum atomic E-state index is -1.46.